The van der Waals surface area contributed by atoms with Crippen molar-refractivity contribution in [3.8, 4) is 0 Å². The van der Waals surface area contributed by atoms with E-state index in [9.17, 15) is 22.8 Å². The predicted molar refractivity (Wildman–Crippen MR) is 94.2 cm³/mol. The van der Waals surface area contributed by atoms with Gasteiger partial charge < -0.3 is 5.32 Å². The Labute approximate surface area is 152 Å². The Morgan fingerprint density at radius 1 is 1.15 bits per heavy atom. The molecule has 0 bridgehead atoms. The number of carbonyl (C=O) groups excluding carboxylic acids is 2. The van der Waals surface area contributed by atoms with Gasteiger partial charge in [0.25, 0.3) is 5.91 Å². The largest absolute Gasteiger partial charge is 0.418 e. The molecule has 0 saturated carbocycles. The first kappa shape index (κ1) is 19.9. The van der Waals surface area contributed by atoms with Crippen LogP contribution in [0.3, 0.4) is 0 Å². The molecule has 0 saturated heterocycles. The number of hydrogen-bond donors (Lipinski definition) is 2. The summed E-state index contributed by atoms with van der Waals surface area (Å²) >= 11 is 1.15. The fraction of sp³-hybridized carbons (Fsp3) is 0.353. The summed E-state index contributed by atoms with van der Waals surface area (Å²) in [5.41, 5.74) is -2.00. The fourth-order valence-electron chi connectivity index (χ4n) is 2.16. The van der Waals surface area contributed by atoms with Crippen molar-refractivity contribution in [2.75, 3.05) is 10.6 Å². The van der Waals surface area contributed by atoms with Gasteiger partial charge in [-0.2, -0.15) is 13.2 Å². The predicted octanol–water partition coefficient (Wildman–Crippen LogP) is 4.79. The van der Waals surface area contributed by atoms with E-state index in [1.54, 1.807) is 5.38 Å². The summed E-state index contributed by atoms with van der Waals surface area (Å²) in [6, 6.07) is 3.03. The smallest absolute Gasteiger partial charge is 0.325 e. The van der Waals surface area contributed by atoms with Gasteiger partial charge >= 0.3 is 6.18 Å². The van der Waals surface area contributed by atoms with E-state index >= 15 is 0 Å². The molecule has 1 aromatic carbocycles. The first-order valence-corrected chi connectivity index (χ1v) is 8.55. The van der Waals surface area contributed by atoms with Crippen LogP contribution in [0, 0.1) is 5.41 Å². The van der Waals surface area contributed by atoms with Crippen LogP contribution in [0.4, 0.5) is 24.0 Å². The molecule has 0 unspecified atom stereocenters. The van der Waals surface area contributed by atoms with Crippen molar-refractivity contribution in [2.24, 2.45) is 5.41 Å². The molecule has 5 nitrogen and oxygen atoms in total. The van der Waals surface area contributed by atoms with E-state index in [1.807, 2.05) is 20.8 Å². The van der Waals surface area contributed by atoms with Crippen LogP contribution in [0.1, 0.15) is 43.1 Å². The van der Waals surface area contributed by atoms with E-state index in [0.29, 0.717) is 0 Å². The monoisotopic (exact) mass is 385 g/mol. The normalized spacial score (nSPS) is 11.9. The highest BCUT2D eigenvalue weighted by molar-refractivity contribution is 7.13. The second kappa shape index (κ2) is 7.45. The Hall–Kier alpha value is -2.42. The molecular weight excluding hydrogens is 367 g/mol. The van der Waals surface area contributed by atoms with Gasteiger partial charge in [-0.15, -0.1) is 11.3 Å². The lowest BCUT2D eigenvalue weighted by molar-refractivity contribution is -0.137. The molecule has 0 aliphatic heterocycles. The average Bonchev–Trinajstić information content (AvgIpc) is 2.97. The molecule has 1 aromatic heterocycles. The number of anilines is 2. The third-order valence-electron chi connectivity index (χ3n) is 3.20. The van der Waals surface area contributed by atoms with Gasteiger partial charge in [-0.3, -0.25) is 14.9 Å². The van der Waals surface area contributed by atoms with Gasteiger partial charge in [0.2, 0.25) is 5.91 Å². The Balaban J connectivity index is 2.27. The summed E-state index contributed by atoms with van der Waals surface area (Å²) in [4.78, 5) is 27.9. The van der Waals surface area contributed by atoms with Crippen LogP contribution in [-0.4, -0.2) is 16.8 Å². The maximum absolute atomic E-state index is 13.4. The van der Waals surface area contributed by atoms with E-state index in [4.69, 9.17) is 0 Å². The number of benzene rings is 1. The lowest BCUT2D eigenvalue weighted by atomic mass is 9.92. The summed E-state index contributed by atoms with van der Waals surface area (Å²) in [5.74, 6) is -1.24. The summed E-state index contributed by atoms with van der Waals surface area (Å²) in [5, 5.41) is 6.62. The highest BCUT2D eigenvalue weighted by atomic mass is 32.1. The zero-order chi connectivity index (χ0) is 19.5. The van der Waals surface area contributed by atoms with Crippen molar-refractivity contribution < 1.29 is 22.8 Å². The van der Waals surface area contributed by atoms with E-state index < -0.39 is 23.6 Å². The van der Waals surface area contributed by atoms with Crippen molar-refractivity contribution in [1.29, 1.82) is 0 Å². The van der Waals surface area contributed by atoms with Crippen LogP contribution in [0.2, 0.25) is 0 Å². The van der Waals surface area contributed by atoms with Crippen LogP contribution in [0.15, 0.2) is 29.8 Å². The van der Waals surface area contributed by atoms with E-state index in [-0.39, 0.29) is 28.2 Å². The maximum atomic E-state index is 13.4. The number of halogens is 3. The fourth-order valence-corrected chi connectivity index (χ4v) is 2.68. The molecule has 2 amide bonds. The number of carbonyl (C=O) groups is 2. The second-order valence-corrected chi connectivity index (χ2v) is 7.73. The van der Waals surface area contributed by atoms with Gasteiger partial charge in [0.1, 0.15) is 0 Å². The van der Waals surface area contributed by atoms with Crippen LogP contribution in [-0.2, 0) is 11.0 Å². The Bertz CT molecular complexity index is 797. The van der Waals surface area contributed by atoms with Crippen molar-refractivity contribution >= 4 is 34.0 Å². The van der Waals surface area contributed by atoms with Gasteiger partial charge in [0.15, 0.2) is 5.13 Å². The summed E-state index contributed by atoms with van der Waals surface area (Å²) in [6.07, 6.45) is -3.19. The van der Waals surface area contributed by atoms with Crippen LogP contribution in [0.5, 0.6) is 0 Å². The highest BCUT2D eigenvalue weighted by Crippen LogP contribution is 2.36. The van der Waals surface area contributed by atoms with Crippen molar-refractivity contribution in [3.05, 3.63) is 40.9 Å². The van der Waals surface area contributed by atoms with Crippen molar-refractivity contribution in [1.82, 2.24) is 4.98 Å². The first-order valence-electron chi connectivity index (χ1n) is 7.68. The third kappa shape index (κ3) is 5.55. The Morgan fingerprint density at radius 2 is 1.85 bits per heavy atom. The quantitative estimate of drug-likeness (QED) is 0.795. The number of thiazole rings is 1. The number of rotatable bonds is 4. The molecule has 0 spiro atoms. The minimum Gasteiger partial charge on any atom is -0.325 e. The molecule has 0 radical (unpaired) electrons. The first-order chi connectivity index (χ1) is 12.0. The number of nitrogens with one attached hydrogen (secondary N) is 2. The molecule has 9 heteroatoms. The van der Waals surface area contributed by atoms with E-state index in [2.05, 4.69) is 15.6 Å². The molecule has 0 aliphatic carbocycles. The molecule has 0 aliphatic rings. The molecule has 140 valence electrons. The zero-order valence-corrected chi connectivity index (χ0v) is 15.2. The van der Waals surface area contributed by atoms with E-state index in [0.717, 1.165) is 23.5 Å². The Morgan fingerprint density at radius 3 is 2.38 bits per heavy atom. The van der Waals surface area contributed by atoms with Gasteiger partial charge in [0.05, 0.1) is 11.3 Å². The molecule has 2 aromatic rings. The lowest BCUT2D eigenvalue weighted by Gasteiger charge is -2.19. The third-order valence-corrected chi connectivity index (χ3v) is 3.89. The molecule has 2 N–H and O–H groups in total. The standard InChI is InChI=1S/C17H18F3N3O2S/c1-16(2,3)9-13(24)22-12-5-4-10(8-11(12)17(18,19)20)14(25)23-15-21-6-7-26-15/h4-8H,9H2,1-3H3,(H,22,24)(H,21,23,25). The minimum atomic E-state index is -4.72. The topological polar surface area (TPSA) is 71.1 Å². The SMILES string of the molecule is CC(C)(C)CC(=O)Nc1ccc(C(=O)Nc2nccs2)cc1C(F)(F)F. The summed E-state index contributed by atoms with van der Waals surface area (Å²) < 4.78 is 40.1. The maximum Gasteiger partial charge on any atom is 0.418 e. The lowest BCUT2D eigenvalue weighted by Crippen LogP contribution is -2.22. The molecule has 26 heavy (non-hydrogen) atoms. The average molecular weight is 385 g/mol. The summed E-state index contributed by atoms with van der Waals surface area (Å²) in [7, 11) is 0. The highest BCUT2D eigenvalue weighted by Gasteiger charge is 2.35. The van der Waals surface area contributed by atoms with Gasteiger partial charge in [-0.05, 0) is 23.6 Å². The second-order valence-electron chi connectivity index (χ2n) is 6.84. The number of alkyl halides is 3. The van der Waals surface area contributed by atoms with Gasteiger partial charge in [0, 0.05) is 23.6 Å². The van der Waals surface area contributed by atoms with Crippen LogP contribution >= 0.6 is 11.3 Å². The van der Waals surface area contributed by atoms with Crippen LogP contribution < -0.4 is 10.6 Å². The number of aromatic nitrogens is 1. The van der Waals surface area contributed by atoms with E-state index in [1.165, 1.54) is 12.3 Å². The molecule has 0 atom stereocenters. The summed E-state index contributed by atoms with van der Waals surface area (Å²) in [6.45, 7) is 5.43. The number of hydrogen-bond acceptors (Lipinski definition) is 4. The number of amides is 2. The zero-order valence-electron chi connectivity index (χ0n) is 14.4. The Kier molecular flexibility index (Phi) is 5.70. The van der Waals surface area contributed by atoms with Crippen molar-refractivity contribution in [2.45, 2.75) is 33.4 Å². The molecular formula is C17H18F3N3O2S. The number of nitrogens with zero attached hydrogens (tertiary/aromatic N) is 1. The van der Waals surface area contributed by atoms with Gasteiger partial charge in [-0.25, -0.2) is 4.98 Å². The minimum absolute atomic E-state index is 0.0661. The molecule has 2 rings (SSSR count). The van der Waals surface area contributed by atoms with Crippen LogP contribution in [0.25, 0.3) is 0 Å². The van der Waals surface area contributed by atoms with Crippen molar-refractivity contribution in [3.63, 3.8) is 0 Å². The molecule has 1 heterocycles. The molecule has 0 fully saturated rings. The van der Waals surface area contributed by atoms with Gasteiger partial charge in [-0.1, -0.05) is 20.8 Å².